The number of aliphatic imine (C=N–C) groups is 1. The van der Waals surface area contributed by atoms with E-state index in [2.05, 4.69) is 16.9 Å². The summed E-state index contributed by atoms with van der Waals surface area (Å²) in [5, 5.41) is 2.13. The minimum atomic E-state index is -0.746. The number of thioether (sulfide) groups is 1. The average Bonchev–Trinajstić information content (AvgIpc) is 2.68. The van der Waals surface area contributed by atoms with Crippen molar-refractivity contribution in [1.82, 2.24) is 4.90 Å². The molecule has 0 saturated carbocycles. The van der Waals surface area contributed by atoms with E-state index >= 15 is 0 Å². The number of nitrogens with one attached hydrogen (secondary N) is 1. The Morgan fingerprint density at radius 2 is 1.96 bits per heavy atom. The molecule has 2 aromatic rings. The fourth-order valence-electron chi connectivity index (χ4n) is 2.55. The van der Waals surface area contributed by atoms with Crippen molar-refractivity contribution < 1.29 is 18.4 Å². The van der Waals surface area contributed by atoms with Gasteiger partial charge in [0.25, 0.3) is 0 Å². The van der Waals surface area contributed by atoms with Crippen molar-refractivity contribution in [1.29, 1.82) is 0 Å². The second kappa shape index (κ2) is 8.79. The third-order valence-electron chi connectivity index (χ3n) is 3.92. The largest absolute Gasteiger partial charge is 0.325 e. The molecule has 1 atom stereocenters. The Hall–Kier alpha value is -3.00. The van der Waals surface area contributed by atoms with Crippen LogP contribution in [0.25, 0.3) is 0 Å². The molecule has 0 bridgehead atoms. The first-order valence-corrected chi connectivity index (χ1v) is 9.33. The fraction of sp³-hybridized carbons (Fsp3) is 0.150. The molecule has 2 amide bonds. The number of amides is 2. The maximum absolute atomic E-state index is 14.0. The zero-order valence-electron chi connectivity index (χ0n) is 14.8. The van der Waals surface area contributed by atoms with Gasteiger partial charge in [0.2, 0.25) is 11.8 Å². The Morgan fingerprint density at radius 3 is 2.64 bits per heavy atom. The van der Waals surface area contributed by atoms with Gasteiger partial charge in [-0.05, 0) is 36.4 Å². The van der Waals surface area contributed by atoms with Gasteiger partial charge in [0, 0.05) is 18.7 Å². The molecule has 0 radical (unpaired) electrons. The minimum absolute atomic E-state index is 0.0399. The van der Waals surface area contributed by atoms with Gasteiger partial charge in [-0.25, -0.2) is 13.8 Å². The lowest BCUT2D eigenvalue weighted by Crippen LogP contribution is -2.45. The summed E-state index contributed by atoms with van der Waals surface area (Å²) in [7, 11) is 0. The first kappa shape index (κ1) is 19.8. The first-order chi connectivity index (χ1) is 13.5. The summed E-state index contributed by atoms with van der Waals surface area (Å²) in [6, 6.07) is 11.2. The maximum atomic E-state index is 14.0. The highest BCUT2D eigenvalue weighted by Gasteiger charge is 2.35. The van der Waals surface area contributed by atoms with Crippen LogP contribution < -0.4 is 5.32 Å². The molecule has 0 spiro atoms. The molecule has 3 rings (SSSR count). The van der Waals surface area contributed by atoms with Gasteiger partial charge in [-0.1, -0.05) is 30.0 Å². The highest BCUT2D eigenvalue weighted by atomic mass is 32.2. The molecule has 144 valence electrons. The van der Waals surface area contributed by atoms with Gasteiger partial charge in [-0.3, -0.25) is 14.5 Å². The van der Waals surface area contributed by atoms with E-state index in [0.717, 1.165) is 11.8 Å². The van der Waals surface area contributed by atoms with Gasteiger partial charge in [-0.15, -0.1) is 6.58 Å². The monoisotopic (exact) mass is 401 g/mol. The summed E-state index contributed by atoms with van der Waals surface area (Å²) >= 11 is 1.07. The van der Waals surface area contributed by atoms with Gasteiger partial charge in [0.05, 0.1) is 0 Å². The minimum Gasteiger partial charge on any atom is -0.325 e. The number of rotatable bonds is 5. The van der Waals surface area contributed by atoms with Crippen LogP contribution in [-0.4, -0.2) is 33.7 Å². The van der Waals surface area contributed by atoms with Crippen LogP contribution in [0.5, 0.6) is 0 Å². The predicted octanol–water partition coefficient (Wildman–Crippen LogP) is 4.11. The molecule has 1 aliphatic rings. The topological polar surface area (TPSA) is 61.8 Å². The number of carbonyl (C=O) groups is 2. The van der Waals surface area contributed by atoms with Gasteiger partial charge in [-0.2, -0.15) is 0 Å². The van der Waals surface area contributed by atoms with Gasteiger partial charge < -0.3 is 5.32 Å². The molecule has 2 aromatic carbocycles. The Balaban J connectivity index is 1.84. The fourth-order valence-corrected chi connectivity index (χ4v) is 3.65. The highest BCUT2D eigenvalue weighted by Crippen LogP contribution is 2.30. The summed E-state index contributed by atoms with van der Waals surface area (Å²) in [4.78, 5) is 30.7. The molecular formula is C20H17F2N3O2S. The Labute approximate surface area is 165 Å². The van der Waals surface area contributed by atoms with Crippen LogP contribution >= 0.6 is 11.8 Å². The zero-order valence-corrected chi connectivity index (χ0v) is 15.6. The lowest BCUT2D eigenvalue weighted by molar-refractivity contribution is -0.129. The van der Waals surface area contributed by atoms with Crippen LogP contribution in [0.2, 0.25) is 0 Å². The molecule has 0 aromatic heterocycles. The van der Waals surface area contributed by atoms with Crippen LogP contribution in [0.1, 0.15) is 6.42 Å². The standard InChI is InChI=1S/C20H17F2N3O2S/c1-2-11-25-18(26)12-17(19(27)23-14-9-7-13(21)8-10-14)28-20(25)24-16-6-4-3-5-15(16)22/h2-10,17H,1,11-12H2,(H,23,27)/t17-/m1/s1. The lowest BCUT2D eigenvalue weighted by Gasteiger charge is -2.31. The predicted molar refractivity (Wildman–Crippen MR) is 106 cm³/mol. The third-order valence-corrected chi connectivity index (χ3v) is 5.11. The molecule has 1 heterocycles. The lowest BCUT2D eigenvalue weighted by atomic mass is 10.2. The van der Waals surface area contributed by atoms with E-state index in [1.165, 1.54) is 47.4 Å². The van der Waals surface area contributed by atoms with Crippen LogP contribution in [0.3, 0.4) is 0 Å². The molecular weight excluding hydrogens is 384 g/mol. The summed E-state index contributed by atoms with van der Waals surface area (Å²) in [5.74, 6) is -1.67. The molecule has 1 aliphatic heterocycles. The quantitative estimate of drug-likeness (QED) is 0.767. The van der Waals surface area contributed by atoms with Crippen molar-refractivity contribution in [3.8, 4) is 0 Å². The van der Waals surface area contributed by atoms with Gasteiger partial charge in [0.1, 0.15) is 22.6 Å². The summed E-state index contributed by atoms with van der Waals surface area (Å²) in [6.07, 6.45) is 1.50. The SMILES string of the molecule is C=CCN1C(=O)C[C@H](C(=O)Nc2ccc(F)cc2)SC1=Nc1ccccc1F. The van der Waals surface area contributed by atoms with E-state index in [9.17, 15) is 18.4 Å². The molecule has 1 N–H and O–H groups in total. The van der Waals surface area contributed by atoms with Gasteiger partial charge >= 0.3 is 0 Å². The molecule has 8 heteroatoms. The Kier molecular flexibility index (Phi) is 6.20. The summed E-state index contributed by atoms with van der Waals surface area (Å²) in [6.45, 7) is 3.82. The molecule has 0 aliphatic carbocycles. The maximum Gasteiger partial charge on any atom is 0.238 e. The second-order valence-electron chi connectivity index (χ2n) is 5.95. The van der Waals surface area contributed by atoms with Crippen molar-refractivity contribution in [2.75, 3.05) is 11.9 Å². The van der Waals surface area contributed by atoms with Crippen LogP contribution in [0.15, 0.2) is 66.2 Å². The third kappa shape index (κ3) is 4.64. The van der Waals surface area contributed by atoms with Crippen LogP contribution in [-0.2, 0) is 9.59 Å². The number of benzene rings is 2. The highest BCUT2D eigenvalue weighted by molar-refractivity contribution is 8.15. The van der Waals surface area contributed by atoms with E-state index in [-0.39, 0.29) is 29.7 Å². The summed E-state index contributed by atoms with van der Waals surface area (Å²) < 4.78 is 27.0. The number of hydrogen-bond donors (Lipinski definition) is 1. The number of halogens is 2. The van der Waals surface area contributed by atoms with Crippen LogP contribution in [0, 0.1) is 11.6 Å². The van der Waals surface area contributed by atoms with E-state index in [4.69, 9.17) is 0 Å². The number of para-hydroxylation sites is 1. The Bertz CT molecular complexity index is 931. The van der Waals surface area contributed by atoms with Gasteiger partial charge in [0.15, 0.2) is 5.17 Å². The van der Waals surface area contributed by atoms with E-state index in [1.54, 1.807) is 12.1 Å². The number of nitrogens with zero attached hydrogens (tertiary/aromatic N) is 2. The molecule has 28 heavy (non-hydrogen) atoms. The van der Waals surface area contributed by atoms with Crippen molar-refractivity contribution in [3.63, 3.8) is 0 Å². The van der Waals surface area contributed by atoms with Crippen molar-refractivity contribution >= 4 is 40.1 Å². The molecule has 5 nitrogen and oxygen atoms in total. The average molecular weight is 401 g/mol. The number of hydrogen-bond acceptors (Lipinski definition) is 4. The molecule has 0 unspecified atom stereocenters. The van der Waals surface area contributed by atoms with Crippen molar-refractivity contribution in [2.24, 2.45) is 4.99 Å². The van der Waals surface area contributed by atoms with Crippen molar-refractivity contribution in [3.05, 3.63) is 72.8 Å². The Morgan fingerprint density at radius 1 is 1.25 bits per heavy atom. The first-order valence-electron chi connectivity index (χ1n) is 8.45. The second-order valence-corrected chi connectivity index (χ2v) is 7.12. The van der Waals surface area contributed by atoms with E-state index in [1.807, 2.05) is 0 Å². The van der Waals surface area contributed by atoms with E-state index < -0.39 is 22.8 Å². The normalized spacial score (nSPS) is 18.2. The van der Waals surface area contributed by atoms with Crippen molar-refractivity contribution in [2.45, 2.75) is 11.7 Å². The molecule has 1 fully saturated rings. The smallest absolute Gasteiger partial charge is 0.238 e. The number of carbonyl (C=O) groups excluding carboxylic acids is 2. The number of amidine groups is 1. The summed E-state index contributed by atoms with van der Waals surface area (Å²) in [5.41, 5.74) is 0.493. The van der Waals surface area contributed by atoms with E-state index in [0.29, 0.717) is 5.69 Å². The number of anilines is 1. The zero-order chi connectivity index (χ0) is 20.1. The van der Waals surface area contributed by atoms with Crippen LogP contribution in [0.4, 0.5) is 20.2 Å². The molecule has 1 saturated heterocycles.